The van der Waals surface area contributed by atoms with Gasteiger partial charge in [-0.1, -0.05) is 113 Å². The molecule has 0 aliphatic heterocycles. The van der Waals surface area contributed by atoms with Crippen molar-refractivity contribution in [3.8, 4) is 0 Å². The van der Waals surface area contributed by atoms with Crippen LogP contribution in [0.4, 0.5) is 0 Å². The van der Waals surface area contributed by atoms with Crippen molar-refractivity contribution in [2.75, 3.05) is 0 Å². The summed E-state index contributed by atoms with van der Waals surface area (Å²) in [6, 6.07) is 26.1. The summed E-state index contributed by atoms with van der Waals surface area (Å²) in [5, 5.41) is 1.91. The highest BCUT2D eigenvalue weighted by Crippen LogP contribution is 2.72. The Bertz CT molecular complexity index is 1250. The van der Waals surface area contributed by atoms with Crippen LogP contribution in [0.15, 0.2) is 72.0 Å². The lowest BCUT2D eigenvalue weighted by molar-refractivity contribution is 0.485. The van der Waals surface area contributed by atoms with E-state index in [1.54, 1.807) is 33.4 Å². The first-order valence-corrected chi connectivity index (χ1v) is 16.5. The summed E-state index contributed by atoms with van der Waals surface area (Å²) < 4.78 is 0. The van der Waals surface area contributed by atoms with Gasteiger partial charge >= 0.3 is 0 Å². The topological polar surface area (TPSA) is 0 Å². The monoisotopic (exact) mass is 504 g/mol. The first kappa shape index (κ1) is 23.9. The SMILES string of the molecule is Cc1cccc(C)c1C1=C(P(C2CCCCC2)C2CCCCC2)C2c3ccccc3C1c1ccccc12. The van der Waals surface area contributed by atoms with E-state index in [1.807, 2.05) is 5.31 Å². The summed E-state index contributed by atoms with van der Waals surface area (Å²) in [5.41, 5.74) is 14.5. The van der Waals surface area contributed by atoms with Crippen molar-refractivity contribution >= 4 is 13.5 Å². The highest BCUT2D eigenvalue weighted by Gasteiger charge is 2.48. The van der Waals surface area contributed by atoms with Gasteiger partial charge in [-0.2, -0.15) is 0 Å². The maximum Gasteiger partial charge on any atom is 0.0355 e. The van der Waals surface area contributed by atoms with Crippen LogP contribution in [0.1, 0.15) is 115 Å². The van der Waals surface area contributed by atoms with E-state index >= 15 is 0 Å². The van der Waals surface area contributed by atoms with Crippen LogP contribution in [-0.4, -0.2) is 11.3 Å². The molecule has 0 radical (unpaired) electrons. The minimum Gasteiger partial charge on any atom is -0.0720 e. The van der Waals surface area contributed by atoms with Gasteiger partial charge in [0.25, 0.3) is 0 Å². The van der Waals surface area contributed by atoms with Crippen LogP contribution in [0.5, 0.6) is 0 Å². The molecule has 0 N–H and O–H groups in total. The van der Waals surface area contributed by atoms with E-state index in [-0.39, 0.29) is 7.92 Å². The van der Waals surface area contributed by atoms with Crippen molar-refractivity contribution in [3.63, 3.8) is 0 Å². The Balaban J connectivity index is 1.54. The highest BCUT2D eigenvalue weighted by molar-refractivity contribution is 7.64. The molecule has 8 rings (SSSR count). The molecule has 1 heteroatoms. The number of rotatable bonds is 4. The van der Waals surface area contributed by atoms with Crippen molar-refractivity contribution < 1.29 is 0 Å². The number of aryl methyl sites for hydroxylation is 2. The lowest BCUT2D eigenvalue weighted by Gasteiger charge is -2.50. The van der Waals surface area contributed by atoms with Crippen LogP contribution in [0.2, 0.25) is 0 Å². The third-order valence-electron chi connectivity index (χ3n) is 10.0. The van der Waals surface area contributed by atoms with Gasteiger partial charge in [0.05, 0.1) is 0 Å². The van der Waals surface area contributed by atoms with Crippen molar-refractivity contribution in [2.24, 2.45) is 0 Å². The maximum atomic E-state index is 2.49. The minimum absolute atomic E-state index is 0.187. The van der Waals surface area contributed by atoms with Crippen LogP contribution in [-0.2, 0) is 0 Å². The Morgan fingerprint density at radius 1 is 0.514 bits per heavy atom. The summed E-state index contributed by atoms with van der Waals surface area (Å²) in [7, 11) is -0.187. The molecule has 0 aromatic heterocycles. The molecule has 37 heavy (non-hydrogen) atoms. The third-order valence-corrected chi connectivity index (χ3v) is 13.7. The van der Waals surface area contributed by atoms with Gasteiger partial charge in [0.1, 0.15) is 0 Å². The molecule has 0 atom stereocenters. The summed E-state index contributed by atoms with van der Waals surface area (Å²) in [4.78, 5) is 0. The fourth-order valence-electron chi connectivity index (χ4n) is 8.53. The molecule has 0 amide bonds. The standard InChI is InChI=1S/C36H41P/c1-24-14-13-15-25(2)32(24)35-33-28-20-9-11-22-30(28)34(31-23-12-10-21-29(31)33)36(35)37(26-16-5-3-6-17-26)27-18-7-4-8-19-27/h9-15,20-23,26-27,33-34H,3-8,16-19H2,1-2H3. The molecular formula is C36H41P. The first-order chi connectivity index (χ1) is 18.2. The Labute approximate surface area is 225 Å². The molecule has 190 valence electrons. The van der Waals surface area contributed by atoms with Gasteiger partial charge in [-0.05, 0) is 101 Å². The average molecular weight is 505 g/mol. The van der Waals surface area contributed by atoms with E-state index in [4.69, 9.17) is 0 Å². The van der Waals surface area contributed by atoms with Crippen molar-refractivity contribution in [3.05, 3.63) is 111 Å². The predicted octanol–water partition coefficient (Wildman–Crippen LogP) is 10.5. The Morgan fingerprint density at radius 3 is 1.41 bits per heavy atom. The normalized spacial score (nSPS) is 23.9. The fraction of sp³-hybridized carbons (Fsp3) is 0.444. The summed E-state index contributed by atoms with van der Waals surface area (Å²) in [6.07, 6.45) is 14.5. The number of hydrogen-bond donors (Lipinski definition) is 0. The Hall–Kier alpha value is -2.17. The highest BCUT2D eigenvalue weighted by atomic mass is 31.1. The second kappa shape index (κ2) is 9.85. The summed E-state index contributed by atoms with van der Waals surface area (Å²) in [5.74, 6) is 0.825. The zero-order chi connectivity index (χ0) is 24.9. The molecule has 0 saturated heterocycles. The van der Waals surface area contributed by atoms with E-state index in [9.17, 15) is 0 Å². The lowest BCUT2D eigenvalue weighted by Crippen LogP contribution is -2.31. The lowest BCUT2D eigenvalue weighted by atomic mass is 9.62. The van der Waals surface area contributed by atoms with Crippen LogP contribution in [0.25, 0.3) is 5.57 Å². The largest absolute Gasteiger partial charge is 0.0720 e. The molecule has 2 bridgehead atoms. The van der Waals surface area contributed by atoms with Crippen LogP contribution in [0, 0.1) is 13.8 Å². The van der Waals surface area contributed by atoms with Crippen LogP contribution in [0.3, 0.4) is 0 Å². The van der Waals surface area contributed by atoms with E-state index in [2.05, 4.69) is 80.6 Å². The molecule has 3 aromatic carbocycles. The van der Waals surface area contributed by atoms with Gasteiger partial charge in [-0.25, -0.2) is 0 Å². The van der Waals surface area contributed by atoms with E-state index < -0.39 is 0 Å². The smallest absolute Gasteiger partial charge is 0.0355 e. The van der Waals surface area contributed by atoms with Crippen LogP contribution < -0.4 is 0 Å². The van der Waals surface area contributed by atoms with E-state index in [0.717, 1.165) is 11.3 Å². The molecule has 5 aliphatic rings. The Kier molecular flexibility index (Phi) is 6.37. The van der Waals surface area contributed by atoms with Crippen molar-refractivity contribution in [1.82, 2.24) is 0 Å². The molecule has 0 heterocycles. The second-order valence-electron chi connectivity index (χ2n) is 12.2. The number of benzene rings is 3. The average Bonchev–Trinajstić information content (AvgIpc) is 2.95. The fourth-order valence-corrected chi connectivity index (χ4v) is 12.8. The zero-order valence-electron chi connectivity index (χ0n) is 22.7. The van der Waals surface area contributed by atoms with Gasteiger partial charge in [-0.15, -0.1) is 0 Å². The second-order valence-corrected chi connectivity index (χ2v) is 14.9. The molecular weight excluding hydrogens is 463 g/mol. The van der Waals surface area contributed by atoms with E-state index in [0.29, 0.717) is 11.8 Å². The molecule has 0 nitrogen and oxygen atoms in total. The van der Waals surface area contributed by atoms with Gasteiger partial charge in [-0.3, -0.25) is 0 Å². The zero-order valence-corrected chi connectivity index (χ0v) is 23.6. The molecule has 5 aliphatic carbocycles. The van der Waals surface area contributed by atoms with Crippen molar-refractivity contribution in [2.45, 2.75) is 101 Å². The molecule has 3 aromatic rings. The van der Waals surface area contributed by atoms with Crippen molar-refractivity contribution in [1.29, 1.82) is 0 Å². The maximum absolute atomic E-state index is 2.49. The molecule has 2 saturated carbocycles. The summed E-state index contributed by atoms with van der Waals surface area (Å²) >= 11 is 0. The van der Waals surface area contributed by atoms with Gasteiger partial charge in [0, 0.05) is 11.8 Å². The Morgan fingerprint density at radius 2 is 0.946 bits per heavy atom. The first-order valence-electron chi connectivity index (χ1n) is 15.0. The predicted molar refractivity (Wildman–Crippen MR) is 160 cm³/mol. The molecule has 2 fully saturated rings. The van der Waals surface area contributed by atoms with Crippen LogP contribution >= 0.6 is 7.92 Å². The number of allylic oxidation sites excluding steroid dienone is 2. The van der Waals surface area contributed by atoms with E-state index in [1.165, 1.54) is 75.3 Å². The summed E-state index contributed by atoms with van der Waals surface area (Å²) in [6.45, 7) is 4.74. The van der Waals surface area contributed by atoms with Gasteiger partial charge < -0.3 is 0 Å². The minimum atomic E-state index is -0.187. The quantitative estimate of drug-likeness (QED) is 0.310. The number of hydrogen-bond acceptors (Lipinski definition) is 0. The van der Waals surface area contributed by atoms with Gasteiger partial charge in [0.15, 0.2) is 0 Å². The molecule has 0 spiro atoms. The van der Waals surface area contributed by atoms with Gasteiger partial charge in [0.2, 0.25) is 0 Å². The molecule has 0 unspecified atom stereocenters. The third kappa shape index (κ3) is 3.89.